The van der Waals surface area contributed by atoms with Gasteiger partial charge < -0.3 is 16.0 Å². The van der Waals surface area contributed by atoms with Gasteiger partial charge in [-0.25, -0.2) is 0 Å². The van der Waals surface area contributed by atoms with E-state index in [9.17, 15) is 4.79 Å². The Morgan fingerprint density at radius 3 is 2.58 bits per heavy atom. The van der Waals surface area contributed by atoms with E-state index >= 15 is 0 Å². The highest BCUT2D eigenvalue weighted by molar-refractivity contribution is 5.81. The summed E-state index contributed by atoms with van der Waals surface area (Å²) in [5, 5.41) is 9.65. The Morgan fingerprint density at radius 1 is 1.17 bits per heavy atom. The third-order valence-corrected chi connectivity index (χ3v) is 2.01. The molecule has 1 atom stereocenters. The summed E-state index contributed by atoms with van der Waals surface area (Å²) in [7, 11) is 0. The highest BCUT2D eigenvalue weighted by Gasteiger charge is 2.12. The van der Waals surface area contributed by atoms with Gasteiger partial charge in [-0.05, 0) is 6.92 Å². The fourth-order valence-electron chi connectivity index (χ4n) is 1.24. The van der Waals surface area contributed by atoms with E-state index in [2.05, 4.69) is 16.0 Å². The van der Waals surface area contributed by atoms with Crippen LogP contribution < -0.4 is 16.0 Å². The predicted octanol–water partition coefficient (Wildman–Crippen LogP) is -1.27. The fourth-order valence-corrected chi connectivity index (χ4v) is 1.24. The van der Waals surface area contributed by atoms with Crippen molar-refractivity contribution in [1.29, 1.82) is 0 Å². The van der Waals surface area contributed by atoms with Gasteiger partial charge in [-0.3, -0.25) is 4.79 Å². The van der Waals surface area contributed by atoms with E-state index in [1.807, 2.05) is 0 Å². The van der Waals surface area contributed by atoms with Crippen molar-refractivity contribution in [1.82, 2.24) is 16.0 Å². The first-order chi connectivity index (χ1) is 5.80. The van der Waals surface area contributed by atoms with Crippen LogP contribution in [0, 0.1) is 0 Å². The van der Waals surface area contributed by atoms with Crippen molar-refractivity contribution in [2.24, 2.45) is 0 Å². The lowest BCUT2D eigenvalue weighted by molar-refractivity contribution is -0.118. The van der Waals surface area contributed by atoms with Crippen molar-refractivity contribution in [2.75, 3.05) is 32.7 Å². The molecule has 0 radical (unpaired) electrons. The van der Waals surface area contributed by atoms with E-state index in [1.54, 1.807) is 6.92 Å². The fraction of sp³-hybridized carbons (Fsp3) is 0.875. The Kier molecular flexibility index (Phi) is 4.21. The molecule has 0 aromatic carbocycles. The predicted molar refractivity (Wildman–Crippen MR) is 48.2 cm³/mol. The molecule has 3 N–H and O–H groups in total. The highest BCUT2D eigenvalue weighted by atomic mass is 16.1. The summed E-state index contributed by atoms with van der Waals surface area (Å²) in [4.78, 5) is 11.1. The molecule has 0 bridgehead atoms. The molecular formula is C8H17N3O. The van der Waals surface area contributed by atoms with Crippen molar-refractivity contribution in [3.05, 3.63) is 0 Å². The summed E-state index contributed by atoms with van der Waals surface area (Å²) < 4.78 is 0. The minimum absolute atomic E-state index is 0.00935. The maximum atomic E-state index is 11.1. The molecule has 1 fully saturated rings. The lowest BCUT2D eigenvalue weighted by atomic mass is 10.2. The number of carbonyl (C=O) groups excluding carboxylic acids is 1. The Hall–Kier alpha value is -0.450. The molecule has 70 valence electrons. The maximum Gasteiger partial charge on any atom is 0.147 e. The monoisotopic (exact) mass is 171 g/mol. The standard InChI is InChI=1S/C8H17N3O/c1-7(12)8-6-10-3-2-9-4-5-11-8/h8-11H,2-6H2,1H3. The molecule has 0 aliphatic carbocycles. The van der Waals surface area contributed by atoms with Crippen LogP contribution in [-0.2, 0) is 4.79 Å². The summed E-state index contributed by atoms with van der Waals surface area (Å²) >= 11 is 0. The van der Waals surface area contributed by atoms with Crippen LogP contribution in [0.1, 0.15) is 6.92 Å². The molecule has 0 saturated carbocycles. The molecule has 0 amide bonds. The second kappa shape index (κ2) is 5.24. The van der Waals surface area contributed by atoms with Crippen LogP contribution in [0.2, 0.25) is 0 Å². The van der Waals surface area contributed by atoms with Crippen LogP contribution in [0.3, 0.4) is 0 Å². The first-order valence-electron chi connectivity index (χ1n) is 4.46. The number of hydrogen-bond donors (Lipinski definition) is 3. The number of ketones is 1. The third-order valence-electron chi connectivity index (χ3n) is 2.01. The molecule has 1 saturated heterocycles. The zero-order valence-electron chi connectivity index (χ0n) is 7.52. The van der Waals surface area contributed by atoms with Crippen LogP contribution in [-0.4, -0.2) is 44.5 Å². The molecule has 4 heteroatoms. The quantitative estimate of drug-likeness (QED) is 0.460. The smallest absolute Gasteiger partial charge is 0.147 e. The van der Waals surface area contributed by atoms with Crippen LogP contribution in [0.25, 0.3) is 0 Å². The van der Waals surface area contributed by atoms with Crippen molar-refractivity contribution < 1.29 is 4.79 Å². The Labute approximate surface area is 73.1 Å². The SMILES string of the molecule is CC(=O)C1CNCCNCCN1. The molecular weight excluding hydrogens is 154 g/mol. The first kappa shape index (κ1) is 9.64. The van der Waals surface area contributed by atoms with Crippen LogP contribution in [0.4, 0.5) is 0 Å². The summed E-state index contributed by atoms with van der Waals surface area (Å²) in [6.07, 6.45) is 0. The molecule has 1 heterocycles. The molecule has 1 aliphatic rings. The third kappa shape index (κ3) is 3.30. The molecule has 1 aliphatic heterocycles. The summed E-state index contributed by atoms with van der Waals surface area (Å²) in [5.41, 5.74) is 0. The van der Waals surface area contributed by atoms with E-state index in [0.29, 0.717) is 0 Å². The second-order valence-corrected chi connectivity index (χ2v) is 3.07. The van der Waals surface area contributed by atoms with Crippen molar-refractivity contribution in [3.8, 4) is 0 Å². The molecule has 4 nitrogen and oxygen atoms in total. The minimum Gasteiger partial charge on any atom is -0.314 e. The number of nitrogens with one attached hydrogen (secondary N) is 3. The molecule has 1 unspecified atom stereocenters. The summed E-state index contributed by atoms with van der Waals surface area (Å²) in [6, 6.07) is -0.00935. The maximum absolute atomic E-state index is 11.1. The minimum atomic E-state index is -0.00935. The van der Waals surface area contributed by atoms with Gasteiger partial charge in [0.05, 0.1) is 6.04 Å². The van der Waals surface area contributed by atoms with Gasteiger partial charge >= 0.3 is 0 Å². The van der Waals surface area contributed by atoms with Crippen LogP contribution in [0.5, 0.6) is 0 Å². The molecule has 0 aromatic heterocycles. The Morgan fingerprint density at radius 2 is 1.83 bits per heavy atom. The zero-order chi connectivity index (χ0) is 8.81. The largest absolute Gasteiger partial charge is 0.314 e. The van der Waals surface area contributed by atoms with Crippen molar-refractivity contribution in [2.45, 2.75) is 13.0 Å². The van der Waals surface area contributed by atoms with Gasteiger partial charge in [0.25, 0.3) is 0 Å². The van der Waals surface area contributed by atoms with Crippen LogP contribution >= 0.6 is 0 Å². The summed E-state index contributed by atoms with van der Waals surface area (Å²) in [6.45, 7) is 6.09. The van der Waals surface area contributed by atoms with Gasteiger partial charge in [0, 0.05) is 32.7 Å². The number of rotatable bonds is 1. The van der Waals surface area contributed by atoms with E-state index in [4.69, 9.17) is 0 Å². The van der Waals surface area contributed by atoms with E-state index in [0.717, 1.165) is 32.7 Å². The average Bonchev–Trinajstić information content (AvgIpc) is 2.15. The van der Waals surface area contributed by atoms with Gasteiger partial charge in [-0.2, -0.15) is 0 Å². The Balaban J connectivity index is 2.33. The zero-order valence-corrected chi connectivity index (χ0v) is 7.52. The van der Waals surface area contributed by atoms with E-state index < -0.39 is 0 Å². The lowest BCUT2D eigenvalue weighted by Gasteiger charge is -2.13. The van der Waals surface area contributed by atoms with Crippen LogP contribution in [0.15, 0.2) is 0 Å². The van der Waals surface area contributed by atoms with E-state index in [-0.39, 0.29) is 11.8 Å². The number of carbonyl (C=O) groups is 1. The average molecular weight is 171 g/mol. The van der Waals surface area contributed by atoms with Gasteiger partial charge in [0.15, 0.2) is 0 Å². The van der Waals surface area contributed by atoms with Crippen molar-refractivity contribution >= 4 is 5.78 Å². The van der Waals surface area contributed by atoms with Gasteiger partial charge in [-0.1, -0.05) is 0 Å². The second-order valence-electron chi connectivity index (χ2n) is 3.07. The van der Waals surface area contributed by atoms with E-state index in [1.165, 1.54) is 0 Å². The van der Waals surface area contributed by atoms with Gasteiger partial charge in [0.1, 0.15) is 5.78 Å². The molecule has 0 spiro atoms. The Bertz CT molecular complexity index is 139. The molecule has 1 rings (SSSR count). The number of Topliss-reactive ketones (excluding diaryl/α,β-unsaturated/α-hetero) is 1. The molecule has 12 heavy (non-hydrogen) atoms. The highest BCUT2D eigenvalue weighted by Crippen LogP contribution is 1.84. The lowest BCUT2D eigenvalue weighted by Crippen LogP contribution is -2.44. The topological polar surface area (TPSA) is 53.2 Å². The number of hydrogen-bond acceptors (Lipinski definition) is 4. The van der Waals surface area contributed by atoms with Crippen molar-refractivity contribution in [3.63, 3.8) is 0 Å². The normalized spacial score (nSPS) is 26.9. The first-order valence-corrected chi connectivity index (χ1v) is 4.46. The van der Waals surface area contributed by atoms with Gasteiger partial charge in [0.2, 0.25) is 0 Å². The van der Waals surface area contributed by atoms with Gasteiger partial charge in [-0.15, -0.1) is 0 Å². The summed E-state index contributed by atoms with van der Waals surface area (Å²) in [5.74, 6) is 0.212. The molecule has 0 aromatic rings.